The van der Waals surface area contributed by atoms with Crippen LogP contribution >= 0.6 is 0 Å². The van der Waals surface area contributed by atoms with E-state index < -0.39 is 18.0 Å². The molecule has 23 heavy (non-hydrogen) atoms. The highest BCUT2D eigenvalue weighted by Gasteiger charge is 2.38. The average molecular weight is 314 g/mol. The monoisotopic (exact) mass is 314 g/mol. The number of hydrogen-bond donors (Lipinski definition) is 0. The number of aromatic nitrogens is 1. The third-order valence-electron chi connectivity index (χ3n) is 3.79. The van der Waals surface area contributed by atoms with Crippen LogP contribution < -0.4 is 0 Å². The number of nitrogens with zero attached hydrogens (tertiary/aromatic N) is 2. The molecule has 1 aliphatic heterocycles. The molecule has 0 bridgehead atoms. The molecule has 3 rings (SSSR count). The molecule has 6 heteroatoms. The summed E-state index contributed by atoms with van der Waals surface area (Å²) in [6.45, 7) is 0.137. The first kappa shape index (κ1) is 15.1. The Balaban J connectivity index is 1.72. The van der Waals surface area contributed by atoms with Crippen LogP contribution in [0.15, 0.2) is 48.8 Å². The van der Waals surface area contributed by atoms with Gasteiger partial charge in [-0.2, -0.15) is 0 Å². The number of ether oxygens (including phenoxy) is 1. The minimum Gasteiger partial charge on any atom is -0.446 e. The highest BCUT2D eigenvalue weighted by atomic mass is 19.1. The topological polar surface area (TPSA) is 59.5 Å². The number of carbonyl (C=O) groups excluding carboxylic acids is 2. The number of rotatable bonds is 4. The zero-order valence-corrected chi connectivity index (χ0v) is 12.3. The van der Waals surface area contributed by atoms with Crippen molar-refractivity contribution in [3.63, 3.8) is 0 Å². The molecule has 1 saturated heterocycles. The van der Waals surface area contributed by atoms with Crippen molar-refractivity contribution in [3.8, 4) is 0 Å². The number of pyridine rings is 1. The molecule has 0 N–H and O–H groups in total. The zero-order chi connectivity index (χ0) is 16.2. The molecule has 2 amide bonds. The minimum atomic E-state index is -0.654. The molecule has 2 heterocycles. The summed E-state index contributed by atoms with van der Waals surface area (Å²) >= 11 is 0. The van der Waals surface area contributed by atoms with E-state index in [0.29, 0.717) is 5.56 Å². The summed E-state index contributed by atoms with van der Waals surface area (Å²) in [4.78, 5) is 29.1. The number of hydrogen-bond acceptors (Lipinski definition) is 4. The first-order valence-corrected chi connectivity index (χ1v) is 7.29. The van der Waals surface area contributed by atoms with Crippen molar-refractivity contribution in [3.05, 3.63) is 65.7 Å². The van der Waals surface area contributed by atoms with E-state index in [-0.39, 0.29) is 25.4 Å². The molecule has 1 fully saturated rings. The van der Waals surface area contributed by atoms with Gasteiger partial charge in [0.25, 0.3) is 0 Å². The molecular formula is C17H15FN2O3. The maximum absolute atomic E-state index is 13.6. The van der Waals surface area contributed by atoms with Crippen molar-refractivity contribution in [2.45, 2.75) is 18.9 Å². The largest absolute Gasteiger partial charge is 0.446 e. The van der Waals surface area contributed by atoms with Gasteiger partial charge in [0.05, 0.1) is 6.20 Å². The second-order valence-electron chi connectivity index (χ2n) is 5.23. The lowest BCUT2D eigenvalue weighted by atomic mass is 10.1. The molecule has 1 aromatic heterocycles. The first-order valence-electron chi connectivity index (χ1n) is 7.29. The molecule has 118 valence electrons. The van der Waals surface area contributed by atoms with Crippen molar-refractivity contribution >= 4 is 12.0 Å². The van der Waals surface area contributed by atoms with E-state index in [1.165, 1.54) is 12.3 Å². The maximum Gasteiger partial charge on any atom is 0.417 e. The van der Waals surface area contributed by atoms with E-state index in [2.05, 4.69) is 4.98 Å². The number of amides is 2. The van der Waals surface area contributed by atoms with Crippen LogP contribution in [0.5, 0.6) is 0 Å². The molecule has 5 nitrogen and oxygen atoms in total. The standard InChI is InChI=1S/C17H15FN2O3/c18-14-10-19-9-8-12(14)6-7-16(21)20-15(11-23-17(20)22)13-4-2-1-3-5-13/h1-5,8-10,15H,6-7,11H2. The summed E-state index contributed by atoms with van der Waals surface area (Å²) < 4.78 is 18.6. The normalized spacial score (nSPS) is 17.2. The van der Waals surface area contributed by atoms with Crippen molar-refractivity contribution < 1.29 is 18.7 Å². The SMILES string of the molecule is O=C(CCc1ccncc1F)N1C(=O)OCC1c1ccccc1. The van der Waals surface area contributed by atoms with Crippen LogP contribution in [0.1, 0.15) is 23.6 Å². The van der Waals surface area contributed by atoms with Crippen LogP contribution in [0.4, 0.5) is 9.18 Å². The van der Waals surface area contributed by atoms with Gasteiger partial charge >= 0.3 is 6.09 Å². The van der Waals surface area contributed by atoms with Gasteiger partial charge in [0.1, 0.15) is 18.5 Å². The predicted octanol–water partition coefficient (Wildman–Crippen LogP) is 2.87. The lowest BCUT2D eigenvalue weighted by Crippen LogP contribution is -2.34. The maximum atomic E-state index is 13.6. The smallest absolute Gasteiger partial charge is 0.417 e. The summed E-state index contributed by atoms with van der Waals surface area (Å²) in [7, 11) is 0. The fourth-order valence-electron chi connectivity index (χ4n) is 2.59. The van der Waals surface area contributed by atoms with Gasteiger partial charge in [0.2, 0.25) is 5.91 Å². The summed E-state index contributed by atoms with van der Waals surface area (Å²) in [6.07, 6.45) is 2.16. The average Bonchev–Trinajstić information content (AvgIpc) is 2.96. The quantitative estimate of drug-likeness (QED) is 0.870. The first-order chi connectivity index (χ1) is 11.2. The summed E-state index contributed by atoms with van der Waals surface area (Å²) in [6, 6.07) is 10.3. The van der Waals surface area contributed by atoms with Crippen LogP contribution in [0.3, 0.4) is 0 Å². The Morgan fingerprint density at radius 1 is 1.30 bits per heavy atom. The van der Waals surface area contributed by atoms with Gasteiger partial charge in [-0.05, 0) is 23.6 Å². The van der Waals surface area contributed by atoms with E-state index in [0.717, 1.165) is 16.7 Å². The number of cyclic esters (lactones) is 1. The molecule has 1 unspecified atom stereocenters. The van der Waals surface area contributed by atoms with Crippen LogP contribution in [0.25, 0.3) is 0 Å². The molecule has 1 aliphatic rings. The summed E-state index contributed by atoms with van der Waals surface area (Å²) in [5, 5.41) is 0. The highest BCUT2D eigenvalue weighted by molar-refractivity contribution is 5.93. The fraction of sp³-hybridized carbons (Fsp3) is 0.235. The van der Waals surface area contributed by atoms with Gasteiger partial charge in [0.15, 0.2) is 0 Å². The summed E-state index contributed by atoms with van der Waals surface area (Å²) in [5.41, 5.74) is 1.24. The summed E-state index contributed by atoms with van der Waals surface area (Å²) in [5.74, 6) is -0.832. The molecular weight excluding hydrogens is 299 g/mol. The van der Waals surface area contributed by atoms with Crippen molar-refractivity contribution in [2.75, 3.05) is 6.61 Å². The van der Waals surface area contributed by atoms with Gasteiger partial charge in [-0.15, -0.1) is 0 Å². The number of imide groups is 1. The van der Waals surface area contributed by atoms with E-state index in [1.807, 2.05) is 30.3 Å². The zero-order valence-electron chi connectivity index (χ0n) is 12.3. The van der Waals surface area contributed by atoms with Crippen molar-refractivity contribution in [1.82, 2.24) is 9.88 Å². The third kappa shape index (κ3) is 3.21. The third-order valence-corrected chi connectivity index (χ3v) is 3.79. The van der Waals surface area contributed by atoms with Gasteiger partial charge in [-0.3, -0.25) is 9.78 Å². The Kier molecular flexibility index (Phi) is 4.32. The molecule has 1 atom stereocenters. The number of carbonyl (C=O) groups is 2. The lowest BCUT2D eigenvalue weighted by molar-refractivity contribution is -0.129. The molecule has 0 aliphatic carbocycles. The van der Waals surface area contributed by atoms with E-state index in [4.69, 9.17) is 4.74 Å². The van der Waals surface area contributed by atoms with Crippen molar-refractivity contribution in [2.24, 2.45) is 0 Å². The van der Waals surface area contributed by atoms with Crippen LogP contribution in [-0.2, 0) is 16.0 Å². The van der Waals surface area contributed by atoms with Gasteiger partial charge in [0, 0.05) is 12.6 Å². The Morgan fingerprint density at radius 3 is 2.83 bits per heavy atom. The van der Waals surface area contributed by atoms with E-state index in [9.17, 15) is 14.0 Å². The predicted molar refractivity (Wildman–Crippen MR) is 79.9 cm³/mol. The molecule has 2 aromatic rings. The Bertz CT molecular complexity index is 721. The fourth-order valence-corrected chi connectivity index (χ4v) is 2.59. The van der Waals surface area contributed by atoms with Crippen LogP contribution in [0, 0.1) is 5.82 Å². The van der Waals surface area contributed by atoms with Gasteiger partial charge in [-0.1, -0.05) is 30.3 Å². The second kappa shape index (κ2) is 6.56. The van der Waals surface area contributed by atoms with Gasteiger partial charge < -0.3 is 4.74 Å². The molecule has 0 radical (unpaired) electrons. The molecule has 0 saturated carbocycles. The second-order valence-corrected chi connectivity index (χ2v) is 5.23. The number of benzene rings is 1. The minimum absolute atomic E-state index is 0.0271. The molecule has 0 spiro atoms. The Morgan fingerprint density at radius 2 is 2.09 bits per heavy atom. The number of aryl methyl sites for hydroxylation is 1. The van der Waals surface area contributed by atoms with Gasteiger partial charge in [-0.25, -0.2) is 14.1 Å². The lowest BCUT2D eigenvalue weighted by Gasteiger charge is -2.19. The molecule has 1 aromatic carbocycles. The Labute approximate surface area is 132 Å². The van der Waals surface area contributed by atoms with Crippen molar-refractivity contribution in [1.29, 1.82) is 0 Å². The van der Waals surface area contributed by atoms with E-state index in [1.54, 1.807) is 0 Å². The van der Waals surface area contributed by atoms with Crippen LogP contribution in [0.2, 0.25) is 0 Å². The Hall–Kier alpha value is -2.76. The van der Waals surface area contributed by atoms with E-state index >= 15 is 0 Å². The highest BCUT2D eigenvalue weighted by Crippen LogP contribution is 2.28. The van der Waals surface area contributed by atoms with Crippen LogP contribution in [-0.4, -0.2) is 28.5 Å². The number of halogens is 1.